The van der Waals surface area contributed by atoms with Crippen LogP contribution in [-0.4, -0.2) is 24.9 Å². The van der Waals surface area contributed by atoms with E-state index in [1.165, 1.54) is 21.5 Å². The minimum Gasteiger partial charge on any atom is -0.252 e. The van der Waals surface area contributed by atoms with Gasteiger partial charge in [0.2, 0.25) is 0 Å². The highest BCUT2D eigenvalue weighted by atomic mass is 15.0. The molecule has 2 heterocycles. The Labute approximate surface area is 368 Å². The fourth-order valence-corrected chi connectivity index (χ4v) is 9.70. The van der Waals surface area contributed by atoms with E-state index < -0.39 is 0 Å². The number of hydrogen-bond acceptors (Lipinski definition) is 5. The van der Waals surface area contributed by atoms with Gasteiger partial charge in [-0.2, -0.15) is 0 Å². The summed E-state index contributed by atoms with van der Waals surface area (Å²) < 4.78 is 0. The molecular formula is C59H35N5. The van der Waals surface area contributed by atoms with Crippen molar-refractivity contribution < 1.29 is 0 Å². The molecule has 0 aliphatic carbocycles. The van der Waals surface area contributed by atoms with E-state index in [9.17, 15) is 0 Å². The van der Waals surface area contributed by atoms with Crippen LogP contribution >= 0.6 is 0 Å². The van der Waals surface area contributed by atoms with Gasteiger partial charge in [-0.25, -0.2) is 19.9 Å². The van der Waals surface area contributed by atoms with Gasteiger partial charge in [0.15, 0.2) is 17.5 Å². The van der Waals surface area contributed by atoms with Crippen molar-refractivity contribution in [2.45, 2.75) is 0 Å². The van der Waals surface area contributed by atoms with E-state index >= 15 is 0 Å². The highest BCUT2D eigenvalue weighted by molar-refractivity contribution is 6.23. The van der Waals surface area contributed by atoms with Gasteiger partial charge >= 0.3 is 0 Å². The maximum absolute atomic E-state index is 5.49. The van der Waals surface area contributed by atoms with Crippen LogP contribution in [-0.2, 0) is 0 Å². The molecule has 0 saturated carbocycles. The fourth-order valence-electron chi connectivity index (χ4n) is 9.70. The van der Waals surface area contributed by atoms with Gasteiger partial charge in [-0.15, -0.1) is 0 Å². The first-order chi connectivity index (χ1) is 31.7. The summed E-state index contributed by atoms with van der Waals surface area (Å²) in [4.78, 5) is 26.7. The first-order valence-electron chi connectivity index (χ1n) is 21.6. The van der Waals surface area contributed by atoms with Crippen LogP contribution in [0.3, 0.4) is 0 Å². The molecule has 64 heavy (non-hydrogen) atoms. The molecule has 0 atom stereocenters. The predicted octanol–water partition coefficient (Wildman–Crippen LogP) is 15.1. The van der Waals surface area contributed by atoms with Gasteiger partial charge in [0.1, 0.15) is 0 Å². The van der Waals surface area contributed by atoms with Crippen molar-refractivity contribution in [3.05, 3.63) is 212 Å². The summed E-state index contributed by atoms with van der Waals surface area (Å²) in [7, 11) is 0. The Morgan fingerprint density at radius 1 is 0.250 bits per heavy atom. The molecule has 0 radical (unpaired) electrons. The highest BCUT2D eigenvalue weighted by Crippen LogP contribution is 2.41. The van der Waals surface area contributed by atoms with E-state index in [1.54, 1.807) is 0 Å². The third-order valence-electron chi connectivity index (χ3n) is 12.7. The smallest absolute Gasteiger partial charge is 0.164 e. The molecule has 0 unspecified atom stereocenters. The van der Waals surface area contributed by atoms with Gasteiger partial charge in [0.25, 0.3) is 0 Å². The second-order valence-electron chi connectivity index (χ2n) is 16.4. The number of fused-ring (bicyclic) bond motifs is 11. The second-order valence-corrected chi connectivity index (χ2v) is 16.4. The maximum atomic E-state index is 5.49. The van der Waals surface area contributed by atoms with Gasteiger partial charge in [-0.1, -0.05) is 182 Å². The van der Waals surface area contributed by atoms with Crippen LogP contribution in [0.2, 0.25) is 0 Å². The molecule has 0 fully saturated rings. The average Bonchev–Trinajstić information content (AvgIpc) is 3.37. The molecule has 0 saturated heterocycles. The van der Waals surface area contributed by atoms with Gasteiger partial charge < -0.3 is 0 Å². The largest absolute Gasteiger partial charge is 0.252 e. The molecule has 13 rings (SSSR count). The van der Waals surface area contributed by atoms with Gasteiger partial charge in [0, 0.05) is 33.0 Å². The third-order valence-corrected chi connectivity index (χ3v) is 12.7. The molecule has 5 heteroatoms. The minimum atomic E-state index is 0.569. The van der Waals surface area contributed by atoms with Crippen LogP contribution in [0.1, 0.15) is 0 Å². The Bertz CT molecular complexity index is 3900. The monoisotopic (exact) mass is 813 g/mol. The fraction of sp³-hybridized carbons (Fsp3) is 0. The first kappa shape index (κ1) is 36.0. The van der Waals surface area contributed by atoms with E-state index in [1.807, 2.05) is 6.20 Å². The summed E-state index contributed by atoms with van der Waals surface area (Å²) in [6.45, 7) is 0. The van der Waals surface area contributed by atoms with Gasteiger partial charge in [-0.05, 0) is 89.3 Å². The third kappa shape index (κ3) is 5.83. The first-order valence-corrected chi connectivity index (χ1v) is 21.6. The Kier molecular flexibility index (Phi) is 8.15. The SMILES string of the molecule is c1ccc2c(-c3nc(-c4cc(-c5cnc6c7ccccc7c7ccccc7c6n5)cc(-c5cc6ccccc6c6ccccc56)c4)nc(-c4cccc5ccccc45)n3)cccc2c1. The van der Waals surface area contributed by atoms with E-state index in [2.05, 4.69) is 206 Å². The number of rotatable bonds is 5. The summed E-state index contributed by atoms with van der Waals surface area (Å²) in [6, 6.07) is 72.7. The normalized spacial score (nSPS) is 11.8. The highest BCUT2D eigenvalue weighted by Gasteiger charge is 2.20. The van der Waals surface area contributed by atoms with Crippen molar-refractivity contribution in [1.82, 2.24) is 24.9 Å². The lowest BCUT2D eigenvalue weighted by atomic mass is 9.91. The van der Waals surface area contributed by atoms with Crippen LogP contribution < -0.4 is 0 Å². The topological polar surface area (TPSA) is 64.5 Å². The predicted molar refractivity (Wildman–Crippen MR) is 265 cm³/mol. The Morgan fingerprint density at radius 2 is 0.688 bits per heavy atom. The summed E-state index contributed by atoms with van der Waals surface area (Å²) in [5.74, 6) is 1.78. The molecule has 0 aliphatic heterocycles. The van der Waals surface area contributed by atoms with Crippen molar-refractivity contribution >= 4 is 75.7 Å². The van der Waals surface area contributed by atoms with Gasteiger partial charge in [0.05, 0.1) is 22.9 Å². The Hall–Kier alpha value is -8.67. The molecule has 0 N–H and O–H groups in total. The molecule has 0 bridgehead atoms. The van der Waals surface area contributed by atoms with Crippen LogP contribution in [0.15, 0.2) is 212 Å². The summed E-state index contributed by atoms with van der Waals surface area (Å²) in [6.07, 6.45) is 1.92. The van der Waals surface area contributed by atoms with Crippen LogP contribution in [0.25, 0.3) is 132 Å². The van der Waals surface area contributed by atoms with Crippen molar-refractivity contribution in [1.29, 1.82) is 0 Å². The molecular weight excluding hydrogens is 779 g/mol. The molecule has 13 aromatic rings. The average molecular weight is 814 g/mol. The second kappa shape index (κ2) is 14.5. The van der Waals surface area contributed by atoms with E-state index in [-0.39, 0.29) is 0 Å². The summed E-state index contributed by atoms with van der Waals surface area (Å²) >= 11 is 0. The minimum absolute atomic E-state index is 0.569. The lowest BCUT2D eigenvalue weighted by Crippen LogP contribution is -2.01. The van der Waals surface area contributed by atoms with Gasteiger partial charge in [-0.3, -0.25) is 4.98 Å². The molecule has 11 aromatic carbocycles. The molecule has 0 amide bonds. The van der Waals surface area contributed by atoms with E-state index in [0.717, 1.165) is 93.2 Å². The molecule has 5 nitrogen and oxygen atoms in total. The summed E-state index contributed by atoms with van der Waals surface area (Å²) in [5.41, 5.74) is 8.30. The summed E-state index contributed by atoms with van der Waals surface area (Å²) in [5, 5.41) is 13.6. The lowest BCUT2D eigenvalue weighted by Gasteiger charge is -2.16. The van der Waals surface area contributed by atoms with E-state index in [0.29, 0.717) is 17.5 Å². The zero-order valence-electron chi connectivity index (χ0n) is 34.4. The quantitative estimate of drug-likeness (QED) is 0.162. The standard InChI is InChI=1S/C59H35N5/c1-4-20-42-36(15-1)18-13-29-51(42)58-62-57(63-59(64-58)52-30-14-19-37-16-2-5-21-43(37)52)41-32-39(53-34-38-17-3-6-22-44(38)45-23-7-8-26-48(45)53)31-40(33-41)54-35-60-55-49-27-11-9-24-46(49)47-25-10-12-28-50(47)56(55)61-54/h1-35H. The van der Waals surface area contributed by atoms with Crippen LogP contribution in [0.4, 0.5) is 0 Å². The zero-order chi connectivity index (χ0) is 42.1. The van der Waals surface area contributed by atoms with Crippen molar-refractivity contribution in [2.75, 3.05) is 0 Å². The lowest BCUT2D eigenvalue weighted by molar-refractivity contribution is 1.08. The van der Waals surface area contributed by atoms with Crippen molar-refractivity contribution in [3.8, 4) is 56.5 Å². The number of aromatic nitrogens is 5. The van der Waals surface area contributed by atoms with Crippen LogP contribution in [0.5, 0.6) is 0 Å². The Balaban J connectivity index is 1.11. The van der Waals surface area contributed by atoms with E-state index in [4.69, 9.17) is 24.9 Å². The van der Waals surface area contributed by atoms with Crippen molar-refractivity contribution in [2.24, 2.45) is 0 Å². The van der Waals surface area contributed by atoms with Crippen molar-refractivity contribution in [3.63, 3.8) is 0 Å². The number of nitrogens with zero attached hydrogens (tertiary/aromatic N) is 5. The Morgan fingerprint density at radius 3 is 1.31 bits per heavy atom. The molecule has 2 aromatic heterocycles. The maximum Gasteiger partial charge on any atom is 0.164 e. The molecule has 296 valence electrons. The van der Waals surface area contributed by atoms with Crippen LogP contribution in [0, 0.1) is 0 Å². The zero-order valence-corrected chi connectivity index (χ0v) is 34.4. The molecule has 0 spiro atoms. The number of benzene rings is 11. The molecule has 0 aliphatic rings. The number of hydrogen-bond donors (Lipinski definition) is 0.